The lowest BCUT2D eigenvalue weighted by Gasteiger charge is -2.25. The van der Waals surface area contributed by atoms with Crippen molar-refractivity contribution in [2.24, 2.45) is 0 Å². The summed E-state index contributed by atoms with van der Waals surface area (Å²) in [4.78, 5) is 42.1. The van der Waals surface area contributed by atoms with E-state index in [2.05, 4.69) is 0 Å². The van der Waals surface area contributed by atoms with Gasteiger partial charge in [0.25, 0.3) is 17.7 Å². The van der Waals surface area contributed by atoms with E-state index in [0.29, 0.717) is 30.0 Å². The first kappa shape index (κ1) is 16.3. The number of amides is 3. The zero-order chi connectivity index (χ0) is 18.3. The van der Waals surface area contributed by atoms with E-state index in [0.717, 1.165) is 11.3 Å². The van der Waals surface area contributed by atoms with E-state index < -0.39 is 11.9 Å². The van der Waals surface area contributed by atoms with E-state index in [1.165, 1.54) is 7.11 Å². The van der Waals surface area contributed by atoms with E-state index in [4.69, 9.17) is 4.74 Å². The summed E-state index contributed by atoms with van der Waals surface area (Å²) in [5.41, 5.74) is 0.985. The van der Waals surface area contributed by atoms with Crippen molar-refractivity contribution in [3.63, 3.8) is 0 Å². The van der Waals surface area contributed by atoms with Crippen LogP contribution in [0.5, 0.6) is 5.75 Å². The average molecular weight is 350 g/mol. The summed E-state index contributed by atoms with van der Waals surface area (Å²) in [6.45, 7) is 0.528. The fourth-order valence-electron chi connectivity index (χ4n) is 3.69. The second-order valence-corrected chi connectivity index (χ2v) is 6.35. The Morgan fingerprint density at radius 2 is 1.81 bits per heavy atom. The van der Waals surface area contributed by atoms with Crippen LogP contribution in [0.25, 0.3) is 0 Å². The van der Waals surface area contributed by atoms with Gasteiger partial charge in [0.1, 0.15) is 11.8 Å². The molecule has 2 aromatic carbocycles. The van der Waals surface area contributed by atoms with Gasteiger partial charge in [-0.2, -0.15) is 0 Å². The lowest BCUT2D eigenvalue weighted by atomic mass is 10.1. The molecule has 2 aliphatic heterocycles. The van der Waals surface area contributed by atoms with Crippen molar-refractivity contribution >= 4 is 23.4 Å². The quantitative estimate of drug-likeness (QED) is 0.781. The smallest absolute Gasteiger partial charge is 0.268 e. The normalized spacial score (nSPS) is 19.0. The van der Waals surface area contributed by atoms with Crippen LogP contribution in [0.3, 0.4) is 0 Å². The highest BCUT2D eigenvalue weighted by Crippen LogP contribution is 2.34. The maximum Gasteiger partial charge on any atom is 0.268 e. The Morgan fingerprint density at radius 1 is 1.08 bits per heavy atom. The van der Waals surface area contributed by atoms with E-state index in [1.807, 2.05) is 0 Å². The number of imide groups is 1. The van der Waals surface area contributed by atoms with Crippen LogP contribution in [0.15, 0.2) is 48.5 Å². The molecule has 2 heterocycles. The fraction of sp³-hybridized carbons (Fsp3) is 0.250. The van der Waals surface area contributed by atoms with Gasteiger partial charge >= 0.3 is 0 Å². The molecule has 26 heavy (non-hydrogen) atoms. The van der Waals surface area contributed by atoms with E-state index in [1.54, 1.807) is 53.4 Å². The molecule has 6 nitrogen and oxygen atoms in total. The van der Waals surface area contributed by atoms with Crippen LogP contribution < -0.4 is 9.64 Å². The molecule has 0 aliphatic carbocycles. The standard InChI is InChI=1S/C20H18N2O4/c1-26-17-11-5-3-8-14(17)19(24)22-15-9-4-2-7-13(15)18(23)21-12-6-10-16(21)20(22)25/h2-5,7-9,11,16H,6,10,12H2,1H3/t16-/m1/s1. The van der Waals surface area contributed by atoms with Crippen molar-refractivity contribution in [2.45, 2.75) is 18.9 Å². The first-order chi connectivity index (χ1) is 12.6. The number of rotatable bonds is 2. The first-order valence-electron chi connectivity index (χ1n) is 8.55. The van der Waals surface area contributed by atoms with Gasteiger partial charge in [0.15, 0.2) is 0 Å². The van der Waals surface area contributed by atoms with Crippen LogP contribution in [0, 0.1) is 0 Å². The van der Waals surface area contributed by atoms with Crippen LogP contribution in [-0.4, -0.2) is 42.3 Å². The summed E-state index contributed by atoms with van der Waals surface area (Å²) in [5, 5.41) is 0. The molecular weight excluding hydrogens is 332 g/mol. The zero-order valence-corrected chi connectivity index (χ0v) is 14.3. The van der Waals surface area contributed by atoms with Gasteiger partial charge in [-0.15, -0.1) is 0 Å². The topological polar surface area (TPSA) is 66.9 Å². The number of anilines is 1. The Morgan fingerprint density at radius 3 is 2.62 bits per heavy atom. The predicted octanol–water partition coefficient (Wildman–Crippen LogP) is 2.49. The van der Waals surface area contributed by atoms with Gasteiger partial charge in [0.2, 0.25) is 0 Å². The van der Waals surface area contributed by atoms with Crippen molar-refractivity contribution in [1.82, 2.24) is 4.90 Å². The molecule has 0 spiro atoms. The van der Waals surface area contributed by atoms with Crippen molar-refractivity contribution in [1.29, 1.82) is 0 Å². The molecule has 2 aromatic rings. The summed E-state index contributed by atoms with van der Waals surface area (Å²) < 4.78 is 5.28. The van der Waals surface area contributed by atoms with E-state index in [9.17, 15) is 14.4 Å². The van der Waals surface area contributed by atoms with Gasteiger partial charge in [-0.05, 0) is 37.1 Å². The minimum absolute atomic E-state index is 0.202. The van der Waals surface area contributed by atoms with Crippen LogP contribution in [0.1, 0.15) is 33.6 Å². The Bertz CT molecular complexity index is 908. The Kier molecular flexibility index (Phi) is 3.95. The SMILES string of the molecule is COc1ccccc1C(=O)N1C(=O)[C@H]2CCCN2C(=O)c2ccccc21. The maximum atomic E-state index is 13.3. The monoisotopic (exact) mass is 350 g/mol. The highest BCUT2D eigenvalue weighted by Gasteiger charge is 2.44. The van der Waals surface area contributed by atoms with Gasteiger partial charge in [-0.3, -0.25) is 14.4 Å². The van der Waals surface area contributed by atoms with Crippen LogP contribution in [-0.2, 0) is 4.79 Å². The summed E-state index contributed by atoms with van der Waals surface area (Å²) in [5.74, 6) is -0.661. The number of methoxy groups -OCH3 is 1. The van der Waals surface area contributed by atoms with Crippen LogP contribution in [0.2, 0.25) is 0 Å². The average Bonchev–Trinajstić information content (AvgIpc) is 3.14. The lowest BCUT2D eigenvalue weighted by Crippen LogP contribution is -2.47. The van der Waals surface area contributed by atoms with Crippen molar-refractivity contribution in [3.8, 4) is 5.75 Å². The number of hydrogen-bond donors (Lipinski definition) is 0. The lowest BCUT2D eigenvalue weighted by molar-refractivity contribution is -0.121. The molecule has 3 amide bonds. The molecule has 0 N–H and O–H groups in total. The summed E-state index contributed by atoms with van der Waals surface area (Å²) in [6, 6.07) is 12.9. The van der Waals surface area contributed by atoms with Gasteiger partial charge in [-0.25, -0.2) is 4.90 Å². The Balaban J connectivity index is 1.88. The number of para-hydroxylation sites is 2. The highest BCUT2D eigenvalue weighted by molar-refractivity contribution is 6.26. The molecule has 0 radical (unpaired) electrons. The van der Waals surface area contributed by atoms with Crippen molar-refractivity contribution < 1.29 is 19.1 Å². The summed E-state index contributed by atoms with van der Waals surface area (Å²) in [6.07, 6.45) is 1.31. The predicted molar refractivity (Wildman–Crippen MR) is 95.3 cm³/mol. The van der Waals surface area contributed by atoms with Crippen molar-refractivity contribution in [2.75, 3.05) is 18.6 Å². The number of carbonyl (C=O) groups is 3. The number of carbonyl (C=O) groups excluding carboxylic acids is 3. The van der Waals surface area contributed by atoms with Gasteiger partial charge in [0.05, 0.1) is 23.9 Å². The molecule has 0 saturated carbocycles. The minimum atomic E-state index is -0.603. The molecular formula is C20H18N2O4. The molecule has 1 atom stereocenters. The molecule has 6 heteroatoms. The van der Waals surface area contributed by atoms with Crippen LogP contribution in [0.4, 0.5) is 5.69 Å². The molecule has 4 rings (SSSR count). The number of nitrogens with zero attached hydrogens (tertiary/aromatic N) is 2. The molecule has 0 aromatic heterocycles. The largest absolute Gasteiger partial charge is 0.496 e. The number of hydrogen-bond acceptors (Lipinski definition) is 4. The third kappa shape index (κ3) is 2.37. The third-order valence-corrected chi connectivity index (χ3v) is 4.93. The van der Waals surface area contributed by atoms with Gasteiger partial charge < -0.3 is 9.64 Å². The van der Waals surface area contributed by atoms with Crippen LogP contribution >= 0.6 is 0 Å². The number of fused-ring (bicyclic) bond motifs is 2. The molecule has 1 fully saturated rings. The van der Waals surface area contributed by atoms with Gasteiger partial charge in [-0.1, -0.05) is 24.3 Å². The zero-order valence-electron chi connectivity index (χ0n) is 14.3. The second-order valence-electron chi connectivity index (χ2n) is 6.35. The number of benzene rings is 2. The summed E-state index contributed by atoms with van der Waals surface area (Å²) in [7, 11) is 1.48. The minimum Gasteiger partial charge on any atom is -0.496 e. The highest BCUT2D eigenvalue weighted by atomic mass is 16.5. The van der Waals surface area contributed by atoms with Crippen molar-refractivity contribution in [3.05, 3.63) is 59.7 Å². The molecule has 1 saturated heterocycles. The first-order valence-corrected chi connectivity index (χ1v) is 8.55. The Hall–Kier alpha value is -3.15. The molecule has 2 aliphatic rings. The maximum absolute atomic E-state index is 13.3. The fourth-order valence-corrected chi connectivity index (χ4v) is 3.69. The third-order valence-electron chi connectivity index (χ3n) is 4.93. The molecule has 0 unspecified atom stereocenters. The number of ether oxygens (including phenoxy) is 1. The Labute approximate surface area is 151 Å². The van der Waals surface area contributed by atoms with Gasteiger partial charge in [0, 0.05) is 6.54 Å². The molecule has 132 valence electrons. The van der Waals surface area contributed by atoms with E-state index in [-0.39, 0.29) is 17.4 Å². The van der Waals surface area contributed by atoms with E-state index >= 15 is 0 Å². The molecule has 0 bridgehead atoms. The second kappa shape index (κ2) is 6.29. The summed E-state index contributed by atoms with van der Waals surface area (Å²) >= 11 is 0.